The summed E-state index contributed by atoms with van der Waals surface area (Å²) < 4.78 is 0. The molecule has 17 heavy (non-hydrogen) atoms. The zero-order chi connectivity index (χ0) is 11.7. The fourth-order valence-electron chi connectivity index (χ4n) is 1.92. The number of halogens is 1. The van der Waals surface area contributed by atoms with E-state index in [4.69, 9.17) is 11.6 Å². The molecule has 0 aliphatic rings. The molecule has 0 unspecified atom stereocenters. The summed E-state index contributed by atoms with van der Waals surface area (Å²) in [4.78, 5) is 7.46. The van der Waals surface area contributed by atoms with E-state index in [2.05, 4.69) is 16.0 Å². The maximum atomic E-state index is 5.86. The normalized spacial score (nSPS) is 10.9. The molecule has 1 aromatic carbocycles. The molecule has 0 saturated heterocycles. The van der Waals surface area contributed by atoms with Gasteiger partial charge in [0, 0.05) is 22.8 Å². The lowest BCUT2D eigenvalue weighted by Crippen LogP contribution is -1.89. The monoisotopic (exact) mass is 242 g/mol. The number of fused-ring (bicyclic) bond motifs is 1. The Balaban J connectivity index is 1.91. The highest BCUT2D eigenvalue weighted by Gasteiger charge is 2.00. The zero-order valence-electron chi connectivity index (χ0n) is 9.15. The SMILES string of the molecule is Clc1ccc(Cc2cnc3[nH]ccc3c2)cc1. The number of nitrogens with one attached hydrogen (secondary N) is 1. The number of rotatable bonds is 2. The number of benzene rings is 1. The second-order valence-electron chi connectivity index (χ2n) is 4.06. The number of pyridine rings is 1. The van der Waals surface area contributed by atoms with Crippen molar-refractivity contribution in [2.75, 3.05) is 0 Å². The van der Waals surface area contributed by atoms with Crippen LogP contribution in [-0.4, -0.2) is 9.97 Å². The molecule has 0 amide bonds. The van der Waals surface area contributed by atoms with Gasteiger partial charge in [-0.3, -0.25) is 0 Å². The zero-order valence-corrected chi connectivity index (χ0v) is 9.91. The van der Waals surface area contributed by atoms with Crippen molar-refractivity contribution in [3.8, 4) is 0 Å². The van der Waals surface area contributed by atoms with E-state index in [0.29, 0.717) is 0 Å². The van der Waals surface area contributed by atoms with Gasteiger partial charge in [-0.15, -0.1) is 0 Å². The van der Waals surface area contributed by atoms with Crippen molar-refractivity contribution in [2.45, 2.75) is 6.42 Å². The van der Waals surface area contributed by atoms with Gasteiger partial charge in [-0.2, -0.15) is 0 Å². The van der Waals surface area contributed by atoms with Crippen LogP contribution in [0.3, 0.4) is 0 Å². The Morgan fingerprint density at radius 2 is 1.88 bits per heavy atom. The third-order valence-corrected chi connectivity index (χ3v) is 3.03. The smallest absolute Gasteiger partial charge is 0.137 e. The van der Waals surface area contributed by atoms with Crippen LogP contribution in [0.4, 0.5) is 0 Å². The van der Waals surface area contributed by atoms with E-state index in [9.17, 15) is 0 Å². The Labute approximate surface area is 104 Å². The molecule has 0 bridgehead atoms. The Bertz CT molecular complexity index is 641. The van der Waals surface area contributed by atoms with Crippen molar-refractivity contribution >= 4 is 22.6 Å². The topological polar surface area (TPSA) is 28.7 Å². The molecule has 2 nitrogen and oxygen atoms in total. The van der Waals surface area contributed by atoms with Crippen LogP contribution in [0.5, 0.6) is 0 Å². The van der Waals surface area contributed by atoms with Crippen LogP contribution < -0.4 is 0 Å². The molecule has 0 atom stereocenters. The third-order valence-electron chi connectivity index (χ3n) is 2.78. The predicted octanol–water partition coefficient (Wildman–Crippen LogP) is 3.81. The van der Waals surface area contributed by atoms with Gasteiger partial charge in [0.15, 0.2) is 0 Å². The van der Waals surface area contributed by atoms with Gasteiger partial charge in [0.05, 0.1) is 0 Å². The third kappa shape index (κ3) is 2.17. The number of nitrogens with zero attached hydrogens (tertiary/aromatic N) is 1. The van der Waals surface area contributed by atoms with Crippen LogP contribution >= 0.6 is 11.6 Å². The van der Waals surface area contributed by atoms with Gasteiger partial charge < -0.3 is 4.98 Å². The van der Waals surface area contributed by atoms with Crippen molar-refractivity contribution in [2.24, 2.45) is 0 Å². The van der Waals surface area contributed by atoms with Crippen LogP contribution in [0.25, 0.3) is 11.0 Å². The minimum Gasteiger partial charge on any atom is -0.346 e. The van der Waals surface area contributed by atoms with Crippen LogP contribution in [0, 0.1) is 0 Å². The van der Waals surface area contributed by atoms with Gasteiger partial charge in [0.2, 0.25) is 0 Å². The Morgan fingerprint density at radius 3 is 2.71 bits per heavy atom. The maximum Gasteiger partial charge on any atom is 0.137 e. The van der Waals surface area contributed by atoms with Gasteiger partial charge >= 0.3 is 0 Å². The molecule has 0 saturated carbocycles. The molecule has 3 heteroatoms. The summed E-state index contributed by atoms with van der Waals surface area (Å²) in [6.45, 7) is 0. The molecule has 0 aliphatic carbocycles. The first-order valence-corrected chi connectivity index (χ1v) is 5.85. The first kappa shape index (κ1) is 10.4. The van der Waals surface area contributed by atoms with Crippen LogP contribution in [-0.2, 0) is 6.42 Å². The van der Waals surface area contributed by atoms with E-state index in [-0.39, 0.29) is 0 Å². The fraction of sp³-hybridized carbons (Fsp3) is 0.0714. The summed E-state index contributed by atoms with van der Waals surface area (Å²) in [6, 6.07) is 12.1. The van der Waals surface area contributed by atoms with E-state index in [0.717, 1.165) is 22.5 Å². The summed E-state index contributed by atoms with van der Waals surface area (Å²) in [5.41, 5.74) is 3.38. The lowest BCUT2D eigenvalue weighted by Gasteiger charge is -2.02. The Hall–Kier alpha value is -1.80. The number of aromatic amines is 1. The molecule has 2 aromatic heterocycles. The largest absolute Gasteiger partial charge is 0.346 e. The number of hydrogen-bond acceptors (Lipinski definition) is 1. The molecule has 0 fully saturated rings. The first-order valence-electron chi connectivity index (χ1n) is 5.48. The number of hydrogen-bond donors (Lipinski definition) is 1. The van der Waals surface area contributed by atoms with Crippen LogP contribution in [0.2, 0.25) is 5.02 Å². The Morgan fingerprint density at radius 1 is 1.06 bits per heavy atom. The lowest BCUT2D eigenvalue weighted by molar-refractivity contribution is 1.16. The highest BCUT2D eigenvalue weighted by Crippen LogP contribution is 2.16. The molecule has 0 spiro atoms. The molecule has 3 rings (SSSR count). The second kappa shape index (κ2) is 4.22. The quantitative estimate of drug-likeness (QED) is 0.727. The van der Waals surface area contributed by atoms with Gasteiger partial charge in [0.1, 0.15) is 5.65 Å². The summed E-state index contributed by atoms with van der Waals surface area (Å²) in [5, 5.41) is 1.92. The van der Waals surface area contributed by atoms with E-state index in [1.54, 1.807) is 0 Å². The predicted molar refractivity (Wildman–Crippen MR) is 70.4 cm³/mol. The average Bonchev–Trinajstić information content (AvgIpc) is 2.79. The van der Waals surface area contributed by atoms with Gasteiger partial charge in [-0.1, -0.05) is 23.7 Å². The van der Waals surface area contributed by atoms with E-state index in [1.807, 2.05) is 42.7 Å². The summed E-state index contributed by atoms with van der Waals surface area (Å²) in [7, 11) is 0. The molecular formula is C14H11ClN2. The molecular weight excluding hydrogens is 232 g/mol. The highest BCUT2D eigenvalue weighted by atomic mass is 35.5. The van der Waals surface area contributed by atoms with Crippen molar-refractivity contribution in [1.29, 1.82) is 0 Å². The molecule has 0 radical (unpaired) electrons. The minimum absolute atomic E-state index is 0.771. The lowest BCUT2D eigenvalue weighted by atomic mass is 10.1. The van der Waals surface area contributed by atoms with Gasteiger partial charge in [0.25, 0.3) is 0 Å². The number of H-pyrrole nitrogens is 1. The fourth-order valence-corrected chi connectivity index (χ4v) is 2.05. The molecule has 2 heterocycles. The van der Waals surface area contributed by atoms with Crippen molar-refractivity contribution < 1.29 is 0 Å². The molecule has 0 aliphatic heterocycles. The number of aromatic nitrogens is 2. The summed E-state index contributed by atoms with van der Waals surface area (Å²) in [6.07, 6.45) is 4.70. The van der Waals surface area contributed by atoms with Gasteiger partial charge in [-0.05, 0) is 41.8 Å². The molecule has 84 valence electrons. The van der Waals surface area contributed by atoms with Crippen LogP contribution in [0.1, 0.15) is 11.1 Å². The Kier molecular flexibility index (Phi) is 2.57. The minimum atomic E-state index is 0.771. The second-order valence-corrected chi connectivity index (χ2v) is 4.50. The maximum absolute atomic E-state index is 5.86. The van der Waals surface area contributed by atoms with Gasteiger partial charge in [-0.25, -0.2) is 4.98 Å². The van der Waals surface area contributed by atoms with E-state index in [1.165, 1.54) is 11.1 Å². The van der Waals surface area contributed by atoms with Crippen LogP contribution in [0.15, 0.2) is 48.8 Å². The summed E-state index contributed by atoms with van der Waals surface area (Å²) >= 11 is 5.86. The van der Waals surface area contributed by atoms with Crippen molar-refractivity contribution in [3.63, 3.8) is 0 Å². The van der Waals surface area contributed by atoms with E-state index < -0.39 is 0 Å². The molecule has 3 aromatic rings. The van der Waals surface area contributed by atoms with E-state index >= 15 is 0 Å². The molecule has 1 N–H and O–H groups in total. The van der Waals surface area contributed by atoms with Crippen molar-refractivity contribution in [1.82, 2.24) is 9.97 Å². The summed E-state index contributed by atoms with van der Waals surface area (Å²) in [5.74, 6) is 0. The average molecular weight is 243 g/mol. The standard InChI is InChI=1S/C14H11ClN2/c15-13-3-1-10(2-4-13)7-11-8-12-5-6-16-14(12)17-9-11/h1-6,8-9H,7H2,(H,16,17). The van der Waals surface area contributed by atoms with Crippen molar-refractivity contribution in [3.05, 3.63) is 64.9 Å². The first-order chi connectivity index (χ1) is 8.31. The highest BCUT2D eigenvalue weighted by molar-refractivity contribution is 6.30.